The lowest BCUT2D eigenvalue weighted by atomic mass is 9.90. The minimum atomic E-state index is -1.76. The van der Waals surface area contributed by atoms with Gasteiger partial charge in [-0.15, -0.1) is 16.9 Å². The van der Waals surface area contributed by atoms with E-state index in [4.69, 9.17) is 22.9 Å². The van der Waals surface area contributed by atoms with Gasteiger partial charge in [0.1, 0.15) is 78.3 Å². The number of ketones is 1. The number of rotatable bonds is 26. The van der Waals surface area contributed by atoms with Gasteiger partial charge in [-0.2, -0.15) is 0 Å². The van der Waals surface area contributed by atoms with E-state index in [0.717, 1.165) is 26.5 Å². The molecule has 3 aromatic carbocycles. The summed E-state index contributed by atoms with van der Waals surface area (Å²) >= 11 is 0.798. The summed E-state index contributed by atoms with van der Waals surface area (Å²) in [5, 5.41) is 61.5. The van der Waals surface area contributed by atoms with Crippen LogP contribution >= 0.6 is 11.8 Å². The predicted octanol–water partition coefficient (Wildman–Crippen LogP) is -1.67. The van der Waals surface area contributed by atoms with Crippen molar-refractivity contribution >= 4 is 134 Å². The van der Waals surface area contributed by atoms with Gasteiger partial charge in [-0.3, -0.25) is 81.5 Å². The number of aliphatic hydroxyl groups excluding tert-OH is 1. The first-order valence-electron chi connectivity index (χ1n) is 46.2. The number of aromatic nitrogens is 6. The topological polar surface area (TPSA) is 634 Å². The Balaban J connectivity index is 1.11. The molecule has 3 aliphatic rings. The Labute approximate surface area is 792 Å². The molecule has 16 amide bonds. The number of fused-ring (bicyclic) bond motifs is 4. The average Bonchev–Trinajstić information content (AvgIpc) is 1.65. The van der Waals surface area contributed by atoms with Gasteiger partial charge < -0.3 is 115 Å². The van der Waals surface area contributed by atoms with Gasteiger partial charge in [-0.25, -0.2) is 5.10 Å². The molecule has 43 nitrogen and oxygen atoms in total. The maximum absolute atomic E-state index is 16.1. The fourth-order valence-corrected chi connectivity index (χ4v) is 18.2. The number of carbonyl (C=O) groups excluding carboxylic acids is 17. The second-order valence-electron chi connectivity index (χ2n) is 36.1. The van der Waals surface area contributed by atoms with Crippen molar-refractivity contribution in [1.82, 2.24) is 103 Å². The molecule has 9 rings (SSSR count). The molecule has 740 valence electrons. The fourth-order valence-electron chi connectivity index (χ4n) is 17.3. The minimum Gasteiger partial charge on any atom is -0.508 e. The van der Waals surface area contributed by atoms with Crippen LogP contribution in [0.5, 0.6) is 5.75 Å². The van der Waals surface area contributed by atoms with Crippen molar-refractivity contribution in [2.75, 3.05) is 65.4 Å². The number of aliphatic hydroxyl groups is 1. The number of H-pyrrole nitrogens is 2. The van der Waals surface area contributed by atoms with E-state index in [1.807, 2.05) is 30.5 Å². The van der Waals surface area contributed by atoms with Crippen molar-refractivity contribution in [2.24, 2.45) is 40.7 Å². The SMILES string of the molecule is CCCC[C@H]1C(=O)N(C)[C@@H](CCCC)C(=O)N[C@@H](CC(C)C)C(=O)N[C@H](C(=O)NCC(N)=O)CSCC(=O)N[C@@H](Cc2ccc(O)cc2)C(=O)N(C)[C@@H](C)C(=O)N[C@@H](CC(N)=O)C(=O)N2CCC[C@H]2C(=O)N[C@@H](CN)C(=O)N[C@@H](CC(C)C)C(=O)N2C[C@H](O)C[C@H]2C(=O)C[C@@H](Cc2c[nH]c3ccccc23)C(=O)N[C@@H](CCN)C(=O)N[C@@H](Cc2cn(Cc3nnn[nH]3)c3ccccc23)C(=O)N1C. The number of nitrogens with one attached hydrogen (secondary N) is 11. The number of aromatic hydroxyl groups is 1. The summed E-state index contributed by atoms with van der Waals surface area (Å²) in [6, 6.07) is 0.692. The van der Waals surface area contributed by atoms with Crippen molar-refractivity contribution < 1.29 is 91.7 Å². The maximum Gasteiger partial charge on any atom is 0.246 e. The summed E-state index contributed by atoms with van der Waals surface area (Å²) in [5.41, 5.74) is 26.6. The van der Waals surface area contributed by atoms with Crippen molar-refractivity contribution in [3.8, 4) is 5.75 Å². The van der Waals surface area contributed by atoms with Crippen LogP contribution in [0.2, 0.25) is 0 Å². The van der Waals surface area contributed by atoms with E-state index in [-0.39, 0.29) is 108 Å². The molecule has 21 N–H and O–H groups in total. The number of unbranched alkanes of at least 4 members (excludes halogenated alkanes) is 2. The number of amides is 16. The Morgan fingerprint density at radius 2 is 1.18 bits per heavy atom. The first kappa shape index (κ1) is 107. The summed E-state index contributed by atoms with van der Waals surface area (Å²) in [7, 11) is 4.01. The van der Waals surface area contributed by atoms with Gasteiger partial charge in [-0.05, 0) is 128 Å². The molecule has 6 heterocycles. The normalized spacial score (nSPS) is 24.8. The van der Waals surface area contributed by atoms with E-state index in [1.165, 1.54) is 62.1 Å². The summed E-state index contributed by atoms with van der Waals surface area (Å²) in [5.74, 6) is -17.7. The Bertz CT molecular complexity index is 5220. The second kappa shape index (κ2) is 50.6. The lowest BCUT2D eigenvalue weighted by molar-refractivity contribution is -0.149. The van der Waals surface area contributed by atoms with Crippen molar-refractivity contribution in [1.29, 1.82) is 0 Å². The Hall–Kier alpha value is -13.0. The molecule has 44 heteroatoms. The number of hydrogen-bond acceptors (Lipinski definition) is 25. The fraction of sp³-hybridized carbons (Fsp3) is 0.565. The molecule has 3 aliphatic heterocycles. The molecule has 3 saturated heterocycles. The van der Waals surface area contributed by atoms with E-state index in [0.29, 0.717) is 70.0 Å². The number of hydrogen-bond donors (Lipinski definition) is 17. The van der Waals surface area contributed by atoms with E-state index in [1.54, 1.807) is 76.5 Å². The second-order valence-corrected chi connectivity index (χ2v) is 37.1. The molecule has 0 spiro atoms. The highest BCUT2D eigenvalue weighted by Gasteiger charge is 2.47. The van der Waals surface area contributed by atoms with Crippen LogP contribution in [0, 0.1) is 17.8 Å². The van der Waals surface area contributed by atoms with Gasteiger partial charge >= 0.3 is 0 Å². The smallest absolute Gasteiger partial charge is 0.246 e. The number of likely N-dealkylation sites (N-methyl/N-ethyl adjacent to an activating group) is 3. The van der Waals surface area contributed by atoms with Crippen LogP contribution in [-0.2, 0) is 107 Å². The quantitative estimate of drug-likeness (QED) is 0.0289. The molecule has 3 aromatic heterocycles. The number of nitrogens with two attached hydrogens (primary N) is 4. The summed E-state index contributed by atoms with van der Waals surface area (Å²) in [4.78, 5) is 260. The van der Waals surface area contributed by atoms with Gasteiger partial charge in [0.2, 0.25) is 94.5 Å². The molecule has 0 unspecified atom stereocenters. The van der Waals surface area contributed by atoms with Crippen LogP contribution in [0.1, 0.15) is 161 Å². The lowest BCUT2D eigenvalue weighted by Crippen LogP contribution is -2.61. The zero-order chi connectivity index (χ0) is 99.5. The Kier molecular flexibility index (Phi) is 39.7. The monoisotopic (exact) mass is 1910 g/mol. The zero-order valence-electron chi connectivity index (χ0n) is 78.7. The van der Waals surface area contributed by atoms with Gasteiger partial charge in [0.25, 0.3) is 0 Å². The van der Waals surface area contributed by atoms with E-state index < -0.39 is 235 Å². The molecule has 0 bridgehead atoms. The number of para-hydroxylation sites is 2. The third-order valence-corrected chi connectivity index (χ3v) is 25.8. The third kappa shape index (κ3) is 29.0. The van der Waals surface area contributed by atoms with Crippen LogP contribution in [0.3, 0.4) is 0 Å². The molecular formula is C92H132N24O19S. The molecule has 0 radical (unpaired) electrons. The van der Waals surface area contributed by atoms with E-state index >= 15 is 33.6 Å². The molecule has 0 aliphatic carbocycles. The maximum atomic E-state index is 16.1. The van der Waals surface area contributed by atoms with Crippen LogP contribution in [-0.4, -0.2) is 315 Å². The predicted molar refractivity (Wildman–Crippen MR) is 502 cm³/mol. The number of phenolic OH excluding ortho intramolecular Hbond substituents is 1. The van der Waals surface area contributed by atoms with Crippen molar-refractivity contribution in [3.05, 3.63) is 108 Å². The van der Waals surface area contributed by atoms with Gasteiger partial charge in [-0.1, -0.05) is 116 Å². The number of thioether (sulfide) groups is 1. The van der Waals surface area contributed by atoms with E-state index in [2.05, 4.69) is 73.5 Å². The number of aromatic amines is 2. The largest absolute Gasteiger partial charge is 0.508 e. The molecule has 0 saturated carbocycles. The molecule has 136 heavy (non-hydrogen) atoms. The lowest BCUT2D eigenvalue weighted by Gasteiger charge is -2.36. The van der Waals surface area contributed by atoms with Gasteiger partial charge in [0.05, 0.1) is 37.4 Å². The number of carbonyl (C=O) groups is 17. The number of nitrogens with zero attached hydrogens (tertiary/aromatic N) is 9. The number of benzene rings is 3. The summed E-state index contributed by atoms with van der Waals surface area (Å²) < 4.78 is 1.84. The van der Waals surface area contributed by atoms with Crippen molar-refractivity contribution in [2.45, 2.75) is 249 Å². The van der Waals surface area contributed by atoms with Gasteiger partial charge in [0, 0.05) is 112 Å². The van der Waals surface area contributed by atoms with Crippen LogP contribution < -0.4 is 70.8 Å². The Morgan fingerprint density at radius 3 is 1.84 bits per heavy atom. The number of phenols is 1. The van der Waals surface area contributed by atoms with Crippen LogP contribution in [0.4, 0.5) is 0 Å². The highest BCUT2D eigenvalue weighted by Crippen LogP contribution is 2.31. The number of tetrazole rings is 1. The summed E-state index contributed by atoms with van der Waals surface area (Å²) in [6.07, 6.45) is 1.37. The number of Topliss-reactive ketones (excluding diaryl/α,β-unsaturated/α-hetero) is 1. The standard InChI is InChI=1S/C92H132N24O19S/c1-11-13-23-71-86(129)101-63(34-50(3)4)84(127)106-69(82(125)98-44-77(96)121)48-136-49-79(122)99-65(36-53-27-29-57(117)30-28-53)88(131)111(8)52(7)80(123)102-67(41-76(95)120)90(133)115-33-19-26-72(115)87(130)105-68(42-94)85(128)103-64(35-51(5)6)91(134)116-46-58(118)40-74(116)75(119)39-54(37-55-43-97-61-22-17-15-20-59(55)61)81(124)100-62(31-32-93)83(126)104-66(89(132)113(10)73(24-14-12-2)92(135)112(71)9)38-56-45-114(47-78-107-109-110-108-78)70-25-18-16-21-60(56)70/h15-18,20-22,25,27-30,43,45,50-52,54,58,62-69,71-74,97,117-118H,11-14,19,23-24,26,31-42,44,46-49,93-94H2,1-10H3,(H2,95,120)(H2,96,121)(H,98,125)(H,99,122)(H,100,124)(H,101,129)(H,102,123)(H,103,128)(H,104,126)(H,105,130)(H,106,127)(H,107,108,109,110)/t52-,54+,58+,62-,63-,64-,65-,66-,67-,68-,69-,71-,72-,73-,74-/m0/s1. The number of primary amides is 2. The van der Waals surface area contributed by atoms with Crippen molar-refractivity contribution in [3.63, 3.8) is 0 Å². The first-order chi connectivity index (χ1) is 64.7. The molecular weight excluding hydrogens is 1780 g/mol. The summed E-state index contributed by atoms with van der Waals surface area (Å²) in [6.45, 7) is 10.2. The molecule has 15 atom stereocenters. The molecule has 3 fully saturated rings. The average molecular weight is 1910 g/mol. The van der Waals surface area contributed by atoms with Gasteiger partial charge in [0.15, 0.2) is 11.6 Å². The van der Waals surface area contributed by atoms with Crippen LogP contribution in [0.25, 0.3) is 21.8 Å². The highest BCUT2D eigenvalue weighted by atomic mass is 32.2. The Morgan fingerprint density at radius 1 is 0.588 bits per heavy atom. The highest BCUT2D eigenvalue weighted by molar-refractivity contribution is 8.00. The first-order valence-corrected chi connectivity index (χ1v) is 47.4. The van der Waals surface area contributed by atoms with E-state index in [9.17, 15) is 58.2 Å². The minimum absolute atomic E-state index is 0.00428. The van der Waals surface area contributed by atoms with Crippen LogP contribution in [0.15, 0.2) is 85.2 Å². The molecule has 6 aromatic rings. The third-order valence-electron chi connectivity index (χ3n) is 24.8. The zero-order valence-corrected chi connectivity index (χ0v) is 79.5.